The van der Waals surface area contributed by atoms with E-state index in [1.807, 2.05) is 6.92 Å². The van der Waals surface area contributed by atoms with Crippen LogP contribution in [0.5, 0.6) is 0 Å². The molecular weight excluding hydrogens is 168 g/mol. The largest absolute Gasteiger partial charge is 0.492 e. The van der Waals surface area contributed by atoms with Gasteiger partial charge in [-0.05, 0) is 6.92 Å². The lowest BCUT2D eigenvalue weighted by atomic mass is 10.3. The number of nitrogen functional groups attached to an aromatic ring is 2. The van der Waals surface area contributed by atoms with Crippen molar-refractivity contribution in [1.82, 2.24) is 9.97 Å². The molecule has 5 nitrogen and oxygen atoms in total. The molecule has 1 aromatic rings. The van der Waals surface area contributed by atoms with E-state index in [2.05, 4.69) is 16.5 Å². The van der Waals surface area contributed by atoms with Gasteiger partial charge in [0.2, 0.25) is 5.95 Å². The van der Waals surface area contributed by atoms with Gasteiger partial charge in [-0.1, -0.05) is 6.58 Å². The number of nitrogens with zero attached hydrogens (tertiary/aromatic N) is 2. The highest BCUT2D eigenvalue weighted by atomic mass is 16.5. The Hall–Kier alpha value is -1.78. The van der Waals surface area contributed by atoms with Gasteiger partial charge in [0, 0.05) is 6.07 Å². The van der Waals surface area contributed by atoms with Gasteiger partial charge in [-0.3, -0.25) is 0 Å². The third-order valence-electron chi connectivity index (χ3n) is 1.37. The van der Waals surface area contributed by atoms with Crippen molar-refractivity contribution < 1.29 is 4.74 Å². The van der Waals surface area contributed by atoms with Crippen molar-refractivity contribution in [3.63, 3.8) is 0 Å². The van der Waals surface area contributed by atoms with Crippen molar-refractivity contribution in [1.29, 1.82) is 0 Å². The Labute approximate surface area is 76.4 Å². The molecule has 0 radical (unpaired) electrons. The summed E-state index contributed by atoms with van der Waals surface area (Å²) in [4.78, 5) is 7.64. The normalized spacial score (nSPS) is 9.62. The molecule has 0 amide bonds. The summed E-state index contributed by atoms with van der Waals surface area (Å²) >= 11 is 0. The van der Waals surface area contributed by atoms with Gasteiger partial charge in [-0.2, -0.15) is 4.98 Å². The Bertz CT molecular complexity index is 304. The standard InChI is InChI=1S/C8H12N4O/c1-3-13-5(2)6-4-7(9)12-8(10)11-6/h4H,2-3H2,1H3,(H4,9,10,11,12). The molecule has 4 N–H and O–H groups in total. The summed E-state index contributed by atoms with van der Waals surface area (Å²) in [6.07, 6.45) is 0. The zero-order valence-corrected chi connectivity index (χ0v) is 7.45. The zero-order chi connectivity index (χ0) is 9.84. The monoisotopic (exact) mass is 180 g/mol. The summed E-state index contributed by atoms with van der Waals surface area (Å²) < 4.78 is 5.14. The van der Waals surface area contributed by atoms with Crippen LogP contribution in [0.1, 0.15) is 12.6 Å². The quantitative estimate of drug-likeness (QED) is 0.667. The molecule has 5 heteroatoms. The Morgan fingerprint density at radius 3 is 2.77 bits per heavy atom. The molecule has 0 aliphatic rings. The molecule has 0 atom stereocenters. The molecule has 1 aromatic heterocycles. The Morgan fingerprint density at radius 1 is 1.54 bits per heavy atom. The molecule has 1 rings (SSSR count). The first-order chi connectivity index (χ1) is 6.13. The summed E-state index contributed by atoms with van der Waals surface area (Å²) in [5, 5.41) is 0. The van der Waals surface area contributed by atoms with E-state index in [-0.39, 0.29) is 5.95 Å². The lowest BCUT2D eigenvalue weighted by Crippen LogP contribution is -2.03. The topological polar surface area (TPSA) is 87.0 Å². The summed E-state index contributed by atoms with van der Waals surface area (Å²) in [5.74, 6) is 0.877. The van der Waals surface area contributed by atoms with Gasteiger partial charge >= 0.3 is 0 Å². The van der Waals surface area contributed by atoms with Crippen molar-refractivity contribution in [2.45, 2.75) is 6.92 Å². The number of hydrogen-bond donors (Lipinski definition) is 2. The number of anilines is 2. The minimum atomic E-state index is 0.121. The molecular formula is C8H12N4O. The smallest absolute Gasteiger partial charge is 0.222 e. The first kappa shape index (κ1) is 9.31. The van der Waals surface area contributed by atoms with Gasteiger partial charge in [-0.15, -0.1) is 0 Å². The van der Waals surface area contributed by atoms with Crippen molar-refractivity contribution in [3.8, 4) is 0 Å². The molecule has 13 heavy (non-hydrogen) atoms. The average Bonchev–Trinajstić information content (AvgIpc) is 2.03. The minimum absolute atomic E-state index is 0.121. The summed E-state index contributed by atoms with van der Waals surface area (Å²) in [7, 11) is 0. The maximum Gasteiger partial charge on any atom is 0.222 e. The third kappa shape index (κ3) is 2.33. The Kier molecular flexibility index (Phi) is 2.69. The van der Waals surface area contributed by atoms with E-state index >= 15 is 0 Å². The summed E-state index contributed by atoms with van der Waals surface area (Å²) in [6.45, 7) is 6.06. The van der Waals surface area contributed by atoms with Crippen LogP contribution in [0.2, 0.25) is 0 Å². The zero-order valence-electron chi connectivity index (χ0n) is 7.45. The molecule has 0 bridgehead atoms. The van der Waals surface area contributed by atoms with E-state index in [1.54, 1.807) is 6.07 Å². The van der Waals surface area contributed by atoms with E-state index in [9.17, 15) is 0 Å². The van der Waals surface area contributed by atoms with Gasteiger partial charge < -0.3 is 16.2 Å². The van der Waals surface area contributed by atoms with E-state index in [4.69, 9.17) is 16.2 Å². The van der Waals surface area contributed by atoms with Crippen LogP contribution >= 0.6 is 0 Å². The van der Waals surface area contributed by atoms with E-state index < -0.39 is 0 Å². The van der Waals surface area contributed by atoms with Crippen LogP contribution < -0.4 is 11.5 Å². The van der Waals surface area contributed by atoms with Crippen molar-refractivity contribution in [2.24, 2.45) is 0 Å². The van der Waals surface area contributed by atoms with E-state index in [0.717, 1.165) is 0 Å². The number of hydrogen-bond acceptors (Lipinski definition) is 5. The molecule has 0 aromatic carbocycles. The van der Waals surface area contributed by atoms with E-state index in [0.29, 0.717) is 23.9 Å². The van der Waals surface area contributed by atoms with Crippen LogP contribution in [-0.2, 0) is 4.74 Å². The van der Waals surface area contributed by atoms with Crippen molar-refractivity contribution in [2.75, 3.05) is 18.1 Å². The second-order valence-electron chi connectivity index (χ2n) is 2.39. The van der Waals surface area contributed by atoms with Crippen LogP contribution in [0.3, 0.4) is 0 Å². The highest BCUT2D eigenvalue weighted by Gasteiger charge is 2.03. The predicted molar refractivity (Wildman–Crippen MR) is 51.5 cm³/mol. The Morgan fingerprint density at radius 2 is 2.23 bits per heavy atom. The second kappa shape index (κ2) is 3.75. The number of ether oxygens (including phenoxy) is 1. The molecule has 0 aliphatic heterocycles. The fourth-order valence-electron chi connectivity index (χ4n) is 0.876. The summed E-state index contributed by atoms with van der Waals surface area (Å²) in [5.41, 5.74) is 11.4. The molecule has 1 heterocycles. The molecule has 0 aliphatic carbocycles. The number of nitrogens with two attached hydrogens (primary N) is 2. The summed E-state index contributed by atoms with van der Waals surface area (Å²) in [6, 6.07) is 1.56. The van der Waals surface area contributed by atoms with Crippen LogP contribution in [0.15, 0.2) is 12.6 Å². The van der Waals surface area contributed by atoms with Crippen LogP contribution in [0.4, 0.5) is 11.8 Å². The first-order valence-electron chi connectivity index (χ1n) is 3.85. The molecule has 0 spiro atoms. The first-order valence-corrected chi connectivity index (χ1v) is 3.85. The maximum atomic E-state index is 5.47. The third-order valence-corrected chi connectivity index (χ3v) is 1.37. The van der Waals surface area contributed by atoms with Gasteiger partial charge in [0.1, 0.15) is 17.3 Å². The molecule has 0 fully saturated rings. The van der Waals surface area contributed by atoms with Crippen molar-refractivity contribution >= 4 is 17.5 Å². The van der Waals surface area contributed by atoms with Crippen LogP contribution in [-0.4, -0.2) is 16.6 Å². The van der Waals surface area contributed by atoms with Gasteiger partial charge in [-0.25, -0.2) is 4.98 Å². The molecule has 0 saturated heterocycles. The highest BCUT2D eigenvalue weighted by molar-refractivity contribution is 5.57. The van der Waals surface area contributed by atoms with Gasteiger partial charge in [0.05, 0.1) is 6.61 Å². The van der Waals surface area contributed by atoms with E-state index in [1.165, 1.54) is 0 Å². The highest BCUT2D eigenvalue weighted by Crippen LogP contribution is 2.13. The lowest BCUT2D eigenvalue weighted by Gasteiger charge is -2.06. The fourth-order valence-corrected chi connectivity index (χ4v) is 0.876. The molecule has 0 unspecified atom stereocenters. The maximum absolute atomic E-state index is 5.47. The molecule has 70 valence electrons. The number of aromatic nitrogens is 2. The average molecular weight is 180 g/mol. The van der Waals surface area contributed by atoms with Crippen LogP contribution in [0, 0.1) is 0 Å². The SMILES string of the molecule is C=C(OCC)c1cc(N)nc(N)n1. The second-order valence-corrected chi connectivity index (χ2v) is 2.39. The number of rotatable bonds is 3. The van der Waals surface area contributed by atoms with Gasteiger partial charge in [0.25, 0.3) is 0 Å². The minimum Gasteiger partial charge on any atom is -0.492 e. The van der Waals surface area contributed by atoms with Crippen molar-refractivity contribution in [3.05, 3.63) is 18.3 Å². The predicted octanol–water partition coefficient (Wildman–Crippen LogP) is 0.648. The van der Waals surface area contributed by atoms with Gasteiger partial charge in [0.15, 0.2) is 0 Å². The Balaban J connectivity index is 2.94. The van der Waals surface area contributed by atoms with Crippen LogP contribution in [0.25, 0.3) is 5.76 Å². The molecule has 0 saturated carbocycles. The fraction of sp³-hybridized carbons (Fsp3) is 0.250. The lowest BCUT2D eigenvalue weighted by molar-refractivity contribution is 0.298.